The Hall–Kier alpha value is -3.16. The van der Waals surface area contributed by atoms with Gasteiger partial charge in [-0.05, 0) is 43.9 Å². The van der Waals surface area contributed by atoms with Crippen molar-refractivity contribution in [3.8, 4) is 0 Å². The highest BCUT2D eigenvalue weighted by Gasteiger charge is 2.23. The van der Waals surface area contributed by atoms with Gasteiger partial charge in [0.25, 0.3) is 5.91 Å². The van der Waals surface area contributed by atoms with E-state index in [-0.39, 0.29) is 18.6 Å². The number of imidazole rings is 1. The van der Waals surface area contributed by atoms with Gasteiger partial charge < -0.3 is 14.6 Å². The molecule has 2 N–H and O–H groups in total. The van der Waals surface area contributed by atoms with E-state index in [9.17, 15) is 14.4 Å². The van der Waals surface area contributed by atoms with Crippen molar-refractivity contribution in [2.24, 2.45) is 5.92 Å². The molecule has 0 bridgehead atoms. The molecule has 2 aromatic rings. The van der Waals surface area contributed by atoms with Crippen LogP contribution in [0.1, 0.15) is 33.1 Å². The van der Waals surface area contributed by atoms with Crippen molar-refractivity contribution in [1.29, 1.82) is 0 Å². The summed E-state index contributed by atoms with van der Waals surface area (Å²) in [7, 11) is 0. The van der Waals surface area contributed by atoms with E-state index >= 15 is 0 Å². The molecular formula is C20H24N4O4. The summed E-state index contributed by atoms with van der Waals surface area (Å²) in [6, 6.07) is 5.64. The Bertz CT molecular complexity index is 927. The van der Waals surface area contributed by atoms with Gasteiger partial charge in [0, 0.05) is 24.9 Å². The number of esters is 1. The molecule has 1 aliphatic carbocycles. The largest absolute Gasteiger partial charge is 0.462 e. The van der Waals surface area contributed by atoms with Crippen LogP contribution in [0.15, 0.2) is 36.3 Å². The van der Waals surface area contributed by atoms with Crippen molar-refractivity contribution in [3.05, 3.63) is 36.3 Å². The molecule has 148 valence electrons. The second-order valence-corrected chi connectivity index (χ2v) is 6.70. The van der Waals surface area contributed by atoms with E-state index in [1.165, 1.54) is 19.0 Å². The molecule has 28 heavy (non-hydrogen) atoms. The summed E-state index contributed by atoms with van der Waals surface area (Å²) in [5, 5.41) is 5.09. The fraction of sp³-hybridized carbons (Fsp3) is 0.400. The number of anilines is 1. The number of nitrogens with zero attached hydrogens (tertiary/aromatic N) is 2. The van der Waals surface area contributed by atoms with Gasteiger partial charge in [-0.3, -0.25) is 14.9 Å². The Labute approximate surface area is 162 Å². The molecule has 0 radical (unpaired) electrons. The second kappa shape index (κ2) is 8.69. The van der Waals surface area contributed by atoms with Gasteiger partial charge >= 0.3 is 5.97 Å². The van der Waals surface area contributed by atoms with E-state index in [4.69, 9.17) is 4.74 Å². The SMILES string of the molecule is CCOC(=O)C(=CNc1ccc2c(c1)ncn2CC1CC1)C(=O)NC(=O)CC. The van der Waals surface area contributed by atoms with E-state index < -0.39 is 17.8 Å². The number of amides is 2. The Kier molecular flexibility index (Phi) is 6.08. The number of nitrogens with one attached hydrogen (secondary N) is 2. The lowest BCUT2D eigenvalue weighted by molar-refractivity contribution is -0.140. The number of ether oxygens (including phenoxy) is 1. The van der Waals surface area contributed by atoms with Crippen LogP contribution in [0.25, 0.3) is 11.0 Å². The molecule has 8 nitrogen and oxygen atoms in total. The maximum absolute atomic E-state index is 12.2. The number of hydrogen-bond donors (Lipinski definition) is 2. The van der Waals surface area contributed by atoms with Crippen molar-refractivity contribution in [3.63, 3.8) is 0 Å². The average molecular weight is 384 g/mol. The Balaban J connectivity index is 1.77. The fourth-order valence-electron chi connectivity index (χ4n) is 2.74. The van der Waals surface area contributed by atoms with Crippen LogP contribution in [0.5, 0.6) is 0 Å². The maximum Gasteiger partial charge on any atom is 0.345 e. The molecule has 2 amide bonds. The Morgan fingerprint density at radius 1 is 1.29 bits per heavy atom. The minimum absolute atomic E-state index is 0.121. The van der Waals surface area contributed by atoms with Gasteiger partial charge in [0.2, 0.25) is 5.91 Å². The molecule has 1 saturated carbocycles. The lowest BCUT2D eigenvalue weighted by Gasteiger charge is -2.08. The van der Waals surface area contributed by atoms with Gasteiger partial charge in [0.1, 0.15) is 5.57 Å². The van der Waals surface area contributed by atoms with E-state index in [2.05, 4.69) is 20.2 Å². The second-order valence-electron chi connectivity index (χ2n) is 6.70. The highest BCUT2D eigenvalue weighted by molar-refractivity contribution is 6.20. The van der Waals surface area contributed by atoms with E-state index in [1.54, 1.807) is 13.8 Å². The minimum atomic E-state index is -0.800. The van der Waals surface area contributed by atoms with Gasteiger partial charge in [0.05, 0.1) is 24.0 Å². The van der Waals surface area contributed by atoms with Gasteiger partial charge in [-0.15, -0.1) is 0 Å². The molecule has 1 aromatic heterocycles. The number of fused-ring (bicyclic) bond motifs is 1. The third-order valence-corrected chi connectivity index (χ3v) is 4.47. The number of carbonyl (C=O) groups is 3. The van der Waals surface area contributed by atoms with Crippen LogP contribution in [-0.2, 0) is 25.7 Å². The van der Waals surface area contributed by atoms with Crippen molar-refractivity contribution in [2.75, 3.05) is 11.9 Å². The molecule has 8 heteroatoms. The molecule has 0 spiro atoms. The van der Waals surface area contributed by atoms with Crippen molar-refractivity contribution in [2.45, 2.75) is 39.7 Å². The molecule has 1 fully saturated rings. The summed E-state index contributed by atoms with van der Waals surface area (Å²) in [5.41, 5.74) is 2.25. The van der Waals surface area contributed by atoms with Crippen LogP contribution in [0.3, 0.4) is 0 Å². The smallest absolute Gasteiger partial charge is 0.345 e. The molecule has 1 aromatic carbocycles. The first-order chi connectivity index (χ1) is 13.5. The zero-order chi connectivity index (χ0) is 20.1. The third-order valence-electron chi connectivity index (χ3n) is 4.47. The predicted octanol–water partition coefficient (Wildman–Crippen LogP) is 2.36. The molecule has 1 aliphatic rings. The number of aromatic nitrogens is 2. The zero-order valence-corrected chi connectivity index (χ0v) is 16.0. The van der Waals surface area contributed by atoms with E-state index in [1.807, 2.05) is 24.5 Å². The van der Waals surface area contributed by atoms with Crippen LogP contribution >= 0.6 is 0 Å². The molecule has 1 heterocycles. The molecule has 3 rings (SSSR count). The number of carbonyl (C=O) groups excluding carboxylic acids is 3. The van der Waals surface area contributed by atoms with Gasteiger partial charge in [-0.2, -0.15) is 0 Å². The zero-order valence-electron chi connectivity index (χ0n) is 16.0. The monoisotopic (exact) mass is 384 g/mol. The van der Waals surface area contributed by atoms with E-state index in [0.717, 1.165) is 23.5 Å². The quantitative estimate of drug-likeness (QED) is 0.313. The number of hydrogen-bond acceptors (Lipinski definition) is 6. The van der Waals surface area contributed by atoms with Crippen LogP contribution < -0.4 is 10.6 Å². The highest BCUT2D eigenvalue weighted by atomic mass is 16.5. The average Bonchev–Trinajstić information content (AvgIpc) is 3.41. The molecular weight excluding hydrogens is 360 g/mol. The first-order valence-corrected chi connectivity index (χ1v) is 9.44. The topological polar surface area (TPSA) is 102 Å². The molecule has 0 atom stereocenters. The summed E-state index contributed by atoms with van der Waals surface area (Å²) in [5.74, 6) is -1.32. The maximum atomic E-state index is 12.2. The first-order valence-electron chi connectivity index (χ1n) is 9.44. The molecule has 0 unspecified atom stereocenters. The van der Waals surface area contributed by atoms with Crippen LogP contribution in [0.4, 0.5) is 5.69 Å². The fourth-order valence-corrected chi connectivity index (χ4v) is 2.74. The lowest BCUT2D eigenvalue weighted by Crippen LogP contribution is -2.34. The van der Waals surface area contributed by atoms with Gasteiger partial charge in [0.15, 0.2) is 0 Å². The lowest BCUT2D eigenvalue weighted by atomic mass is 10.2. The van der Waals surface area contributed by atoms with Crippen LogP contribution in [0.2, 0.25) is 0 Å². The minimum Gasteiger partial charge on any atom is -0.462 e. The van der Waals surface area contributed by atoms with Crippen molar-refractivity contribution < 1.29 is 19.1 Å². The van der Waals surface area contributed by atoms with Gasteiger partial charge in [-0.1, -0.05) is 6.92 Å². The van der Waals surface area contributed by atoms with Crippen molar-refractivity contribution in [1.82, 2.24) is 14.9 Å². The number of rotatable bonds is 8. The molecule has 0 saturated heterocycles. The van der Waals surface area contributed by atoms with Crippen LogP contribution in [0, 0.1) is 5.92 Å². The summed E-state index contributed by atoms with van der Waals surface area (Å²) in [4.78, 5) is 40.2. The summed E-state index contributed by atoms with van der Waals surface area (Å²) < 4.78 is 7.05. The van der Waals surface area contributed by atoms with Crippen molar-refractivity contribution >= 4 is 34.5 Å². The number of imide groups is 1. The molecule has 0 aliphatic heterocycles. The summed E-state index contributed by atoms with van der Waals surface area (Å²) >= 11 is 0. The van der Waals surface area contributed by atoms with Gasteiger partial charge in [-0.25, -0.2) is 9.78 Å². The summed E-state index contributed by atoms with van der Waals surface area (Å²) in [6.45, 7) is 4.35. The first kappa shape index (κ1) is 19.6. The van der Waals surface area contributed by atoms with Crippen LogP contribution in [-0.4, -0.2) is 33.9 Å². The highest BCUT2D eigenvalue weighted by Crippen LogP contribution is 2.31. The van der Waals surface area contributed by atoms with E-state index in [0.29, 0.717) is 5.69 Å². The predicted molar refractivity (Wildman–Crippen MR) is 104 cm³/mol. The summed E-state index contributed by atoms with van der Waals surface area (Å²) in [6.07, 6.45) is 5.75. The number of benzene rings is 1. The standard InChI is InChI=1S/C20H24N4O4/c1-3-18(25)23-19(26)15(20(27)28-4-2)10-21-14-7-8-17-16(9-14)22-12-24(17)11-13-5-6-13/h7-10,12-13,21H,3-6,11H2,1-2H3,(H,23,25,26). The Morgan fingerprint density at radius 2 is 2.07 bits per heavy atom. The third kappa shape index (κ3) is 4.76. The normalized spacial score (nSPS) is 14.0. The Morgan fingerprint density at radius 3 is 2.75 bits per heavy atom.